The van der Waals surface area contributed by atoms with Crippen molar-refractivity contribution in [3.63, 3.8) is 0 Å². The number of primary amides is 1. The second-order valence-electron chi connectivity index (χ2n) is 9.28. The molecular weight excluding hydrogens is 440 g/mol. The zero-order chi connectivity index (χ0) is 24.4. The summed E-state index contributed by atoms with van der Waals surface area (Å²) in [5, 5.41) is 0. The maximum absolute atomic E-state index is 13.7. The molecule has 184 valence electrons. The Balaban J connectivity index is 1.65. The molecule has 0 bridgehead atoms. The zero-order valence-corrected chi connectivity index (χ0v) is 19.8. The second-order valence-corrected chi connectivity index (χ2v) is 9.28. The van der Waals surface area contributed by atoms with E-state index in [0.717, 1.165) is 32.1 Å². The summed E-state index contributed by atoms with van der Waals surface area (Å²) in [6.45, 7) is 0.628. The van der Waals surface area contributed by atoms with Crippen LogP contribution in [0.25, 0.3) is 0 Å². The number of hydrogen-bond acceptors (Lipinski definition) is 6. The Morgan fingerprint density at radius 1 is 1.03 bits per heavy atom. The van der Waals surface area contributed by atoms with E-state index in [1.165, 1.54) is 23.7 Å². The van der Waals surface area contributed by atoms with E-state index in [9.17, 15) is 19.2 Å². The Hall–Kier alpha value is -3.17. The minimum Gasteiger partial charge on any atom is -0.493 e. The molecule has 4 rings (SSSR count). The van der Waals surface area contributed by atoms with Gasteiger partial charge in [0.1, 0.15) is 17.7 Å². The van der Waals surface area contributed by atoms with Gasteiger partial charge in [0.15, 0.2) is 18.1 Å². The number of likely N-dealkylation sites (tertiary alicyclic amines) is 1. The molecule has 34 heavy (non-hydrogen) atoms. The summed E-state index contributed by atoms with van der Waals surface area (Å²) in [6.07, 6.45) is 8.84. The summed E-state index contributed by atoms with van der Waals surface area (Å²) in [7, 11) is 2.98. The van der Waals surface area contributed by atoms with Gasteiger partial charge < -0.3 is 20.1 Å². The SMILES string of the molecule is COC1=CC2=[N+](CC(=O)N3CCC(C(N)=O)CC3)C(=O)N(C3CCCCC3)C(=O)C2C=C1OC. The van der Waals surface area contributed by atoms with Crippen LogP contribution < -0.4 is 5.73 Å². The number of methoxy groups -OCH3 is 2. The molecule has 1 unspecified atom stereocenters. The van der Waals surface area contributed by atoms with E-state index in [2.05, 4.69) is 0 Å². The van der Waals surface area contributed by atoms with Gasteiger partial charge in [-0.25, -0.2) is 4.79 Å². The number of rotatable bonds is 6. The lowest BCUT2D eigenvalue weighted by molar-refractivity contribution is -0.431. The summed E-state index contributed by atoms with van der Waals surface area (Å²) < 4.78 is 12.2. The third kappa shape index (κ3) is 4.45. The molecule has 0 aromatic carbocycles. The number of urea groups is 1. The van der Waals surface area contributed by atoms with Crippen LogP contribution in [0.1, 0.15) is 44.9 Å². The Bertz CT molecular complexity index is 970. The van der Waals surface area contributed by atoms with Crippen LogP contribution in [0.4, 0.5) is 4.79 Å². The van der Waals surface area contributed by atoms with Crippen LogP contribution in [-0.2, 0) is 23.9 Å². The fourth-order valence-corrected chi connectivity index (χ4v) is 5.35. The van der Waals surface area contributed by atoms with Crippen molar-refractivity contribution >= 4 is 29.5 Å². The molecular formula is C24H33N4O6+. The molecule has 5 amide bonds. The average Bonchev–Trinajstić information content (AvgIpc) is 2.86. The molecule has 0 spiro atoms. The lowest BCUT2D eigenvalue weighted by atomic mass is 9.89. The summed E-state index contributed by atoms with van der Waals surface area (Å²) in [6, 6.07) is -0.643. The molecule has 0 aromatic heterocycles. The topological polar surface area (TPSA) is 122 Å². The van der Waals surface area contributed by atoms with E-state index < -0.39 is 11.9 Å². The number of fused-ring (bicyclic) bond motifs is 1. The molecule has 2 fully saturated rings. The van der Waals surface area contributed by atoms with Crippen molar-refractivity contribution in [2.45, 2.75) is 51.0 Å². The van der Waals surface area contributed by atoms with Gasteiger partial charge in [-0.05, 0) is 44.6 Å². The number of imide groups is 1. The third-order valence-corrected chi connectivity index (χ3v) is 7.33. The Morgan fingerprint density at radius 2 is 1.68 bits per heavy atom. The van der Waals surface area contributed by atoms with Crippen LogP contribution in [0.5, 0.6) is 0 Å². The minimum atomic E-state index is -0.734. The summed E-state index contributed by atoms with van der Waals surface area (Å²) in [5.74, 6) is -1.03. The van der Waals surface area contributed by atoms with Gasteiger partial charge in [-0.2, -0.15) is 14.3 Å². The summed E-state index contributed by atoms with van der Waals surface area (Å²) in [5.41, 5.74) is 5.82. The van der Waals surface area contributed by atoms with Gasteiger partial charge in [0.2, 0.25) is 5.91 Å². The number of nitrogens with two attached hydrogens (primary N) is 1. The fourth-order valence-electron chi connectivity index (χ4n) is 5.35. The Labute approximate surface area is 199 Å². The molecule has 0 aromatic rings. The van der Waals surface area contributed by atoms with Gasteiger partial charge >= 0.3 is 11.9 Å². The lowest BCUT2D eigenvalue weighted by Gasteiger charge is -2.34. The van der Waals surface area contributed by atoms with Gasteiger partial charge in [0.05, 0.1) is 14.2 Å². The van der Waals surface area contributed by atoms with Crippen molar-refractivity contribution < 1.29 is 33.2 Å². The molecule has 10 heteroatoms. The maximum atomic E-state index is 13.7. The minimum absolute atomic E-state index is 0.175. The molecule has 0 radical (unpaired) electrons. The van der Waals surface area contributed by atoms with E-state index in [1.807, 2.05) is 0 Å². The van der Waals surface area contributed by atoms with E-state index in [0.29, 0.717) is 43.2 Å². The zero-order valence-electron chi connectivity index (χ0n) is 19.8. The molecule has 2 aliphatic carbocycles. The van der Waals surface area contributed by atoms with Crippen molar-refractivity contribution in [1.29, 1.82) is 0 Å². The van der Waals surface area contributed by atoms with Crippen LogP contribution in [-0.4, -0.2) is 83.7 Å². The predicted octanol–water partition coefficient (Wildman–Crippen LogP) is 1.15. The number of nitrogens with zero attached hydrogens (tertiary/aromatic N) is 3. The smallest absolute Gasteiger partial charge is 0.493 e. The highest BCUT2D eigenvalue weighted by Gasteiger charge is 2.52. The van der Waals surface area contributed by atoms with Crippen LogP contribution in [0.15, 0.2) is 23.7 Å². The number of amides is 5. The fraction of sp³-hybridized carbons (Fsp3) is 0.625. The first kappa shape index (κ1) is 24.0. The predicted molar refractivity (Wildman–Crippen MR) is 121 cm³/mol. The average molecular weight is 474 g/mol. The van der Waals surface area contributed by atoms with E-state index in [1.54, 1.807) is 17.1 Å². The quantitative estimate of drug-likeness (QED) is 0.578. The van der Waals surface area contributed by atoms with Gasteiger partial charge in [-0.15, -0.1) is 0 Å². The van der Waals surface area contributed by atoms with Crippen molar-refractivity contribution in [2.75, 3.05) is 33.9 Å². The first-order valence-corrected chi connectivity index (χ1v) is 12.0. The molecule has 10 nitrogen and oxygen atoms in total. The van der Waals surface area contributed by atoms with Gasteiger partial charge in [-0.1, -0.05) is 6.42 Å². The Morgan fingerprint density at radius 3 is 2.26 bits per heavy atom. The highest BCUT2D eigenvalue weighted by molar-refractivity contribution is 6.17. The van der Waals surface area contributed by atoms with E-state index in [4.69, 9.17) is 15.2 Å². The number of allylic oxidation sites excluding steroid dienone is 1. The highest BCUT2D eigenvalue weighted by atomic mass is 16.5. The molecule has 4 aliphatic rings. The van der Waals surface area contributed by atoms with Crippen LogP contribution in [0.2, 0.25) is 0 Å². The normalized spacial score (nSPS) is 24.5. The van der Waals surface area contributed by atoms with E-state index >= 15 is 0 Å². The van der Waals surface area contributed by atoms with Crippen molar-refractivity contribution in [3.8, 4) is 0 Å². The molecule has 1 atom stereocenters. The van der Waals surface area contributed by atoms with E-state index in [-0.39, 0.29) is 36.2 Å². The number of piperidine rings is 1. The molecule has 1 saturated heterocycles. The first-order valence-electron chi connectivity index (χ1n) is 12.0. The van der Waals surface area contributed by atoms with Gasteiger partial charge in [0.25, 0.3) is 5.91 Å². The highest BCUT2D eigenvalue weighted by Crippen LogP contribution is 2.31. The third-order valence-electron chi connectivity index (χ3n) is 7.33. The standard InChI is InChI=1S/C24H32N4O6/c1-33-19-12-17-18(13-20(19)34-2)27(14-21(29)26-10-8-15(9-11-26)22(25)30)24(32)28(23(17)31)16-6-4-3-5-7-16/h12-13,15-17H,3-11,14H2,1-2H3,(H-,25,30)/p+1. The van der Waals surface area contributed by atoms with Crippen LogP contribution in [0.3, 0.4) is 0 Å². The van der Waals surface area contributed by atoms with Crippen molar-refractivity contribution in [2.24, 2.45) is 17.6 Å². The van der Waals surface area contributed by atoms with Crippen LogP contribution in [0, 0.1) is 11.8 Å². The molecule has 1 saturated carbocycles. The number of carbonyl (C=O) groups excluding carboxylic acids is 4. The largest absolute Gasteiger partial charge is 0.501 e. The van der Waals surface area contributed by atoms with Crippen molar-refractivity contribution in [1.82, 2.24) is 9.80 Å². The number of carbonyl (C=O) groups is 4. The maximum Gasteiger partial charge on any atom is 0.501 e. The van der Waals surface area contributed by atoms with Crippen LogP contribution >= 0.6 is 0 Å². The second kappa shape index (κ2) is 9.99. The lowest BCUT2D eigenvalue weighted by Crippen LogP contribution is -2.59. The summed E-state index contributed by atoms with van der Waals surface area (Å²) >= 11 is 0. The van der Waals surface area contributed by atoms with Gasteiger partial charge in [-0.3, -0.25) is 9.59 Å². The number of ether oxygens (including phenoxy) is 2. The molecule has 2 aliphatic heterocycles. The number of hydrogen-bond donors (Lipinski definition) is 1. The molecule has 2 heterocycles. The Kier molecular flexibility index (Phi) is 7.04. The van der Waals surface area contributed by atoms with Crippen molar-refractivity contribution in [3.05, 3.63) is 23.7 Å². The van der Waals surface area contributed by atoms with Gasteiger partial charge in [0, 0.05) is 25.1 Å². The monoisotopic (exact) mass is 473 g/mol. The molecule has 2 N–H and O–H groups in total. The summed E-state index contributed by atoms with van der Waals surface area (Å²) in [4.78, 5) is 54.8. The first-order chi connectivity index (χ1) is 16.3.